The molecule has 0 radical (unpaired) electrons. The van der Waals surface area contributed by atoms with Crippen molar-refractivity contribution in [3.63, 3.8) is 0 Å². The van der Waals surface area contributed by atoms with Gasteiger partial charge in [-0.25, -0.2) is 0 Å². The van der Waals surface area contributed by atoms with Gasteiger partial charge in [-0.1, -0.05) is 42.5 Å². The molecule has 2 aromatic rings. The summed E-state index contributed by atoms with van der Waals surface area (Å²) in [7, 11) is 0. The summed E-state index contributed by atoms with van der Waals surface area (Å²) in [5.74, 6) is -0.169. The Kier molecular flexibility index (Phi) is 4.07. The van der Waals surface area contributed by atoms with Gasteiger partial charge in [0.2, 0.25) is 0 Å². The van der Waals surface area contributed by atoms with E-state index in [0.717, 1.165) is 5.56 Å². The third-order valence-electron chi connectivity index (χ3n) is 2.48. The number of nitrogens with one attached hydrogen (secondary N) is 1. The largest absolute Gasteiger partial charge is 0.391 e. The molecule has 0 spiro atoms. The van der Waals surface area contributed by atoms with Crippen molar-refractivity contribution in [2.45, 2.75) is 6.04 Å². The minimum Gasteiger partial charge on any atom is -0.391 e. The number of benzene rings is 1. The van der Waals surface area contributed by atoms with Crippen molar-refractivity contribution < 1.29 is 4.79 Å². The van der Waals surface area contributed by atoms with Gasteiger partial charge in [0.25, 0.3) is 5.91 Å². The van der Waals surface area contributed by atoms with Crippen LogP contribution in [-0.4, -0.2) is 10.9 Å². The second kappa shape index (κ2) is 5.75. The van der Waals surface area contributed by atoms with E-state index in [2.05, 4.69) is 5.32 Å². The Morgan fingerprint density at radius 2 is 2.00 bits per heavy atom. The van der Waals surface area contributed by atoms with Crippen molar-refractivity contribution in [2.75, 3.05) is 0 Å². The smallest absolute Gasteiger partial charge is 0.252 e. The molecule has 1 unspecified atom stereocenters. The minimum atomic E-state index is -0.436. The zero-order valence-corrected chi connectivity index (χ0v) is 11.1. The summed E-state index contributed by atoms with van der Waals surface area (Å²) in [5.41, 5.74) is 7.20. The third kappa shape index (κ3) is 2.94. The van der Waals surface area contributed by atoms with E-state index in [0.29, 0.717) is 5.56 Å². The van der Waals surface area contributed by atoms with E-state index in [1.165, 1.54) is 11.3 Å². The van der Waals surface area contributed by atoms with Gasteiger partial charge in [-0.3, -0.25) is 4.79 Å². The lowest BCUT2D eigenvalue weighted by atomic mass is 10.1. The quantitative estimate of drug-likeness (QED) is 0.844. The van der Waals surface area contributed by atoms with E-state index in [9.17, 15) is 4.79 Å². The second-order valence-corrected chi connectivity index (χ2v) is 4.98. The Balaban J connectivity index is 2.18. The van der Waals surface area contributed by atoms with E-state index in [4.69, 9.17) is 18.0 Å². The molecule has 2 rings (SSSR count). The topological polar surface area (TPSA) is 55.1 Å². The predicted octanol–water partition coefficient (Wildman–Crippen LogP) is 2.51. The average molecular weight is 276 g/mol. The third-order valence-corrected chi connectivity index (χ3v) is 3.40. The van der Waals surface area contributed by atoms with Crippen LogP contribution in [0.3, 0.4) is 0 Å². The highest BCUT2D eigenvalue weighted by Crippen LogP contribution is 2.14. The normalized spacial score (nSPS) is 11.8. The number of rotatable bonds is 4. The Labute approximate surface area is 115 Å². The molecule has 1 aromatic heterocycles. The molecule has 0 aliphatic heterocycles. The molecule has 5 heteroatoms. The molecule has 1 amide bonds. The van der Waals surface area contributed by atoms with Gasteiger partial charge in [0.1, 0.15) is 11.0 Å². The van der Waals surface area contributed by atoms with Crippen LogP contribution in [0, 0.1) is 0 Å². The maximum absolute atomic E-state index is 12.0. The van der Waals surface area contributed by atoms with Crippen molar-refractivity contribution in [2.24, 2.45) is 5.73 Å². The highest BCUT2D eigenvalue weighted by Gasteiger charge is 2.18. The van der Waals surface area contributed by atoms with E-state index < -0.39 is 6.04 Å². The number of amides is 1. The first-order chi connectivity index (χ1) is 8.68. The lowest BCUT2D eigenvalue weighted by molar-refractivity contribution is 0.0947. The molecule has 0 aliphatic rings. The van der Waals surface area contributed by atoms with Crippen LogP contribution in [0.15, 0.2) is 47.2 Å². The molecule has 0 aliphatic carbocycles. The zero-order valence-electron chi connectivity index (χ0n) is 9.50. The van der Waals surface area contributed by atoms with Gasteiger partial charge in [-0.15, -0.1) is 0 Å². The lowest BCUT2D eigenvalue weighted by Crippen LogP contribution is -2.36. The maximum Gasteiger partial charge on any atom is 0.252 e. The molecule has 0 saturated carbocycles. The van der Waals surface area contributed by atoms with Crippen LogP contribution in [0.4, 0.5) is 0 Å². The average Bonchev–Trinajstić information content (AvgIpc) is 2.90. The molecule has 18 heavy (non-hydrogen) atoms. The van der Waals surface area contributed by atoms with Gasteiger partial charge in [0, 0.05) is 5.38 Å². The standard InChI is InChI=1S/C13H12N2OS2/c14-12(17)11(9-4-2-1-3-5-9)15-13(16)10-6-7-18-8-10/h1-8,11H,(H2,14,17)(H,15,16). The van der Waals surface area contributed by atoms with Crippen LogP contribution in [0.2, 0.25) is 0 Å². The molecule has 0 saturated heterocycles. The highest BCUT2D eigenvalue weighted by molar-refractivity contribution is 7.80. The molecule has 0 fully saturated rings. The van der Waals surface area contributed by atoms with Gasteiger partial charge < -0.3 is 11.1 Å². The van der Waals surface area contributed by atoms with E-state index in [-0.39, 0.29) is 10.9 Å². The molecule has 1 heterocycles. The second-order valence-electron chi connectivity index (χ2n) is 3.73. The number of hydrogen-bond donors (Lipinski definition) is 2. The summed E-state index contributed by atoms with van der Waals surface area (Å²) >= 11 is 6.49. The zero-order chi connectivity index (χ0) is 13.0. The summed E-state index contributed by atoms with van der Waals surface area (Å²) in [6.07, 6.45) is 0. The highest BCUT2D eigenvalue weighted by atomic mass is 32.1. The van der Waals surface area contributed by atoms with Crippen molar-refractivity contribution in [1.29, 1.82) is 0 Å². The van der Waals surface area contributed by atoms with E-state index in [1.54, 1.807) is 11.4 Å². The van der Waals surface area contributed by atoms with Crippen molar-refractivity contribution in [3.05, 3.63) is 58.3 Å². The first kappa shape index (κ1) is 12.7. The molecular formula is C13H12N2OS2. The number of carbonyl (C=O) groups is 1. The first-order valence-corrected chi connectivity index (χ1v) is 6.71. The van der Waals surface area contributed by atoms with E-state index in [1.807, 2.05) is 35.7 Å². The molecular weight excluding hydrogens is 264 g/mol. The Morgan fingerprint density at radius 3 is 2.56 bits per heavy atom. The summed E-state index contributed by atoms with van der Waals surface area (Å²) in [6.45, 7) is 0. The summed E-state index contributed by atoms with van der Waals surface area (Å²) in [5, 5.41) is 6.48. The van der Waals surface area contributed by atoms with Gasteiger partial charge in [0.15, 0.2) is 0 Å². The molecule has 3 nitrogen and oxygen atoms in total. The monoisotopic (exact) mass is 276 g/mol. The summed E-state index contributed by atoms with van der Waals surface area (Å²) in [6, 6.07) is 10.8. The van der Waals surface area contributed by atoms with E-state index >= 15 is 0 Å². The van der Waals surface area contributed by atoms with Crippen LogP contribution in [0.5, 0.6) is 0 Å². The maximum atomic E-state index is 12.0. The fourth-order valence-electron chi connectivity index (χ4n) is 1.57. The number of nitrogens with two attached hydrogens (primary N) is 1. The number of thiophene rings is 1. The van der Waals surface area contributed by atoms with Crippen LogP contribution in [0.25, 0.3) is 0 Å². The summed E-state index contributed by atoms with van der Waals surface area (Å²) in [4.78, 5) is 12.2. The van der Waals surface area contributed by atoms with Gasteiger partial charge in [-0.05, 0) is 17.0 Å². The Hall–Kier alpha value is -1.72. The Morgan fingerprint density at radius 1 is 1.28 bits per heavy atom. The van der Waals surface area contributed by atoms with Gasteiger partial charge >= 0.3 is 0 Å². The molecule has 1 aromatic carbocycles. The van der Waals surface area contributed by atoms with Gasteiger partial charge in [-0.2, -0.15) is 11.3 Å². The first-order valence-electron chi connectivity index (χ1n) is 5.36. The fraction of sp³-hybridized carbons (Fsp3) is 0.0769. The Bertz CT molecular complexity index is 537. The van der Waals surface area contributed by atoms with Crippen molar-refractivity contribution in [3.8, 4) is 0 Å². The van der Waals surface area contributed by atoms with Crippen LogP contribution < -0.4 is 11.1 Å². The van der Waals surface area contributed by atoms with Crippen molar-refractivity contribution >= 4 is 34.5 Å². The van der Waals surface area contributed by atoms with Gasteiger partial charge in [0.05, 0.1) is 5.56 Å². The summed E-state index contributed by atoms with van der Waals surface area (Å²) < 4.78 is 0. The molecule has 1 atom stereocenters. The number of thiocarbonyl (C=S) groups is 1. The van der Waals surface area contributed by atoms with Crippen molar-refractivity contribution in [1.82, 2.24) is 5.32 Å². The van der Waals surface area contributed by atoms with Crippen LogP contribution in [0.1, 0.15) is 22.0 Å². The molecule has 92 valence electrons. The SMILES string of the molecule is NC(=S)C(NC(=O)c1ccsc1)c1ccccc1. The fourth-order valence-corrected chi connectivity index (χ4v) is 2.40. The number of hydrogen-bond acceptors (Lipinski definition) is 3. The molecule has 3 N–H and O–H groups in total. The minimum absolute atomic E-state index is 0.169. The molecule has 0 bridgehead atoms. The van der Waals surface area contributed by atoms with Crippen LogP contribution >= 0.6 is 23.6 Å². The van der Waals surface area contributed by atoms with Crippen LogP contribution in [-0.2, 0) is 0 Å². The lowest BCUT2D eigenvalue weighted by Gasteiger charge is -2.17. The predicted molar refractivity (Wildman–Crippen MR) is 77.8 cm³/mol. The number of carbonyl (C=O) groups excluding carboxylic acids is 1.